The summed E-state index contributed by atoms with van der Waals surface area (Å²) in [6, 6.07) is 7.87. The van der Waals surface area contributed by atoms with Gasteiger partial charge in [-0.1, -0.05) is 68.4 Å². The van der Waals surface area contributed by atoms with Crippen molar-refractivity contribution in [3.63, 3.8) is 0 Å². The van der Waals surface area contributed by atoms with Gasteiger partial charge in [0.15, 0.2) is 0 Å². The average Bonchev–Trinajstić information content (AvgIpc) is 3.97. The van der Waals surface area contributed by atoms with Gasteiger partial charge >= 0.3 is 0 Å². The molecule has 1 aromatic carbocycles. The van der Waals surface area contributed by atoms with E-state index in [4.69, 9.17) is 22.3 Å². The molecule has 4 saturated heterocycles. The number of aliphatic hydroxyl groups is 1. The van der Waals surface area contributed by atoms with Gasteiger partial charge in [0.05, 0.1) is 45.6 Å². The number of nitrogens with zero attached hydrogens (tertiary/aromatic N) is 9. The molecule has 0 bridgehead atoms. The number of carbonyl (C=O) groups excluding carboxylic acids is 4. The van der Waals surface area contributed by atoms with Crippen molar-refractivity contribution >= 4 is 70.0 Å². The molecule has 71 heavy (non-hydrogen) atoms. The number of rotatable bonds is 14. The number of carbonyl (C=O) groups is 4. The summed E-state index contributed by atoms with van der Waals surface area (Å²) in [5.74, 6) is 0.560. The van der Waals surface area contributed by atoms with E-state index in [9.17, 15) is 24.3 Å². The standard InChI is InChI=1S/C51H69ClN12O5S2/c1-32-44(70-31-57-32)35-9-7-34(8-10-35)38(59-47(67)39-27-37(66)30-64(39)49(69)45(50(3,4)5)58-33(2)65)14-18-60-23-25-63(26-24-60)48(68)36-12-19-62(20-13-36)46-43(52)40(11-17-54-46)71-42-29-55-41(28-56-42)61-21-15-51(6,53)16-22-61/h7-11,17,28-29,31,36-39,45,66H,12-16,18-27,30,53H2,1-6H3,(H,58,65)(H,59,67)/t37-,38+,39+,45-/m1/s1. The number of piperazine rings is 1. The molecule has 0 radical (unpaired) electrons. The van der Waals surface area contributed by atoms with Gasteiger partial charge in [0.1, 0.15) is 28.7 Å². The van der Waals surface area contributed by atoms with Crippen LogP contribution < -0.4 is 26.2 Å². The third-order valence-electron chi connectivity index (χ3n) is 14.4. The number of anilines is 2. The Morgan fingerprint density at radius 1 is 0.930 bits per heavy atom. The van der Waals surface area contributed by atoms with Gasteiger partial charge in [0.2, 0.25) is 23.6 Å². The highest BCUT2D eigenvalue weighted by molar-refractivity contribution is 7.99. The molecule has 0 unspecified atom stereocenters. The van der Waals surface area contributed by atoms with Gasteiger partial charge in [-0.2, -0.15) is 0 Å². The van der Waals surface area contributed by atoms with Crippen LogP contribution in [0.5, 0.6) is 0 Å². The number of likely N-dealkylation sites (tertiary alicyclic amines) is 1. The first-order valence-electron chi connectivity index (χ1n) is 24.8. The van der Waals surface area contributed by atoms with E-state index >= 15 is 0 Å². The fourth-order valence-electron chi connectivity index (χ4n) is 10.1. The van der Waals surface area contributed by atoms with Crippen LogP contribution in [-0.4, -0.2) is 153 Å². The summed E-state index contributed by atoms with van der Waals surface area (Å²) in [6.45, 7) is 17.4. The maximum atomic E-state index is 14.3. The van der Waals surface area contributed by atoms with Crippen LogP contribution in [0.15, 0.2) is 64.4 Å². The molecule has 4 aliphatic heterocycles. The van der Waals surface area contributed by atoms with Gasteiger partial charge in [0, 0.05) is 101 Å². The van der Waals surface area contributed by atoms with E-state index in [1.165, 1.54) is 23.6 Å². The molecular formula is C51H69ClN12O5S2. The molecule has 4 amide bonds. The van der Waals surface area contributed by atoms with Crippen LogP contribution in [0.2, 0.25) is 5.02 Å². The van der Waals surface area contributed by atoms with Crippen molar-refractivity contribution in [2.24, 2.45) is 17.1 Å². The number of hydrogen-bond donors (Lipinski definition) is 4. The maximum Gasteiger partial charge on any atom is 0.246 e. The van der Waals surface area contributed by atoms with Crippen LogP contribution in [0.25, 0.3) is 10.4 Å². The summed E-state index contributed by atoms with van der Waals surface area (Å²) in [6.07, 6.45) is 8.40. The van der Waals surface area contributed by atoms with Gasteiger partial charge in [-0.15, -0.1) is 11.3 Å². The zero-order chi connectivity index (χ0) is 50.6. The van der Waals surface area contributed by atoms with Crippen LogP contribution >= 0.6 is 34.7 Å². The molecule has 7 heterocycles. The number of aliphatic hydroxyl groups excluding tert-OH is 1. The van der Waals surface area contributed by atoms with Gasteiger partial charge < -0.3 is 41.1 Å². The van der Waals surface area contributed by atoms with E-state index in [1.54, 1.807) is 23.7 Å². The molecule has 20 heteroatoms. The molecule has 0 saturated carbocycles. The van der Waals surface area contributed by atoms with Gasteiger partial charge in [-0.05, 0) is 68.6 Å². The van der Waals surface area contributed by atoms with Crippen molar-refractivity contribution in [2.45, 2.75) is 120 Å². The molecule has 4 aliphatic rings. The number of amides is 4. The zero-order valence-corrected chi connectivity index (χ0v) is 44.2. The van der Waals surface area contributed by atoms with E-state index in [2.05, 4.69) is 47.2 Å². The molecule has 4 fully saturated rings. The summed E-state index contributed by atoms with van der Waals surface area (Å²) in [5.41, 5.74) is 10.3. The summed E-state index contributed by atoms with van der Waals surface area (Å²) < 4.78 is 0. The lowest BCUT2D eigenvalue weighted by atomic mass is 9.85. The Balaban J connectivity index is 0.851. The summed E-state index contributed by atoms with van der Waals surface area (Å²) in [4.78, 5) is 84.9. The zero-order valence-electron chi connectivity index (χ0n) is 41.8. The predicted octanol–water partition coefficient (Wildman–Crippen LogP) is 5.55. The molecule has 5 N–H and O–H groups in total. The number of nitrogens with two attached hydrogens (primary N) is 1. The second kappa shape index (κ2) is 22.5. The van der Waals surface area contributed by atoms with E-state index in [-0.39, 0.29) is 42.1 Å². The summed E-state index contributed by atoms with van der Waals surface area (Å²) in [7, 11) is 0. The number of nitrogens with one attached hydrogen (secondary N) is 2. The molecule has 0 spiro atoms. The number of aromatic nitrogens is 4. The average molecular weight is 1030 g/mol. The molecular weight excluding hydrogens is 960 g/mol. The quantitative estimate of drug-likeness (QED) is 0.122. The van der Waals surface area contributed by atoms with Crippen molar-refractivity contribution in [1.29, 1.82) is 0 Å². The van der Waals surface area contributed by atoms with Crippen molar-refractivity contribution in [1.82, 2.24) is 45.3 Å². The smallest absolute Gasteiger partial charge is 0.246 e. The van der Waals surface area contributed by atoms with E-state index in [1.807, 2.05) is 74.6 Å². The highest BCUT2D eigenvalue weighted by Crippen LogP contribution is 2.39. The Labute approximate surface area is 430 Å². The first-order valence-corrected chi connectivity index (χ1v) is 26.9. The second-order valence-electron chi connectivity index (χ2n) is 21.0. The maximum absolute atomic E-state index is 14.3. The van der Waals surface area contributed by atoms with Crippen molar-refractivity contribution in [3.05, 3.63) is 70.7 Å². The van der Waals surface area contributed by atoms with E-state index < -0.39 is 35.6 Å². The molecule has 17 nitrogen and oxygen atoms in total. The number of piperidine rings is 2. The van der Waals surface area contributed by atoms with E-state index in [0.29, 0.717) is 75.9 Å². The number of hydrogen-bond acceptors (Lipinski definition) is 15. The monoisotopic (exact) mass is 1030 g/mol. The fourth-order valence-corrected chi connectivity index (χ4v) is 12.0. The first-order chi connectivity index (χ1) is 33.8. The first kappa shape index (κ1) is 52.4. The number of thiazole rings is 1. The number of aryl methyl sites for hydroxylation is 1. The van der Waals surface area contributed by atoms with Gasteiger partial charge in [-0.25, -0.2) is 19.9 Å². The third kappa shape index (κ3) is 12.8. The Hall–Kier alpha value is -4.92. The molecule has 4 atom stereocenters. The summed E-state index contributed by atoms with van der Waals surface area (Å²) in [5, 5.41) is 18.1. The molecule has 4 aromatic rings. The Morgan fingerprint density at radius 2 is 1.63 bits per heavy atom. The molecule has 382 valence electrons. The van der Waals surface area contributed by atoms with Crippen molar-refractivity contribution < 1.29 is 24.3 Å². The largest absolute Gasteiger partial charge is 0.391 e. The lowest BCUT2D eigenvalue weighted by Gasteiger charge is -2.39. The minimum absolute atomic E-state index is 0.000307. The number of halogens is 1. The normalized spacial score (nSPS) is 21.0. The number of pyridine rings is 1. The lowest BCUT2D eigenvalue weighted by Crippen LogP contribution is -2.57. The van der Waals surface area contributed by atoms with Gasteiger partial charge in [-0.3, -0.25) is 24.1 Å². The minimum atomic E-state index is -0.907. The summed E-state index contributed by atoms with van der Waals surface area (Å²) >= 11 is 10.0. The molecule has 3 aromatic heterocycles. The minimum Gasteiger partial charge on any atom is -0.391 e. The van der Waals surface area contributed by atoms with E-state index in [0.717, 1.165) is 63.4 Å². The lowest BCUT2D eigenvalue weighted by molar-refractivity contribution is -0.144. The molecule has 8 rings (SSSR count). The Bertz CT molecular complexity index is 2500. The fraction of sp³-hybridized carbons (Fsp3) is 0.569. The second-order valence-corrected chi connectivity index (χ2v) is 23.3. The number of benzene rings is 1. The van der Waals surface area contributed by atoms with Crippen LogP contribution in [0.4, 0.5) is 11.6 Å². The van der Waals surface area contributed by atoms with Crippen LogP contribution in [0.1, 0.15) is 90.4 Å². The van der Waals surface area contributed by atoms with Crippen LogP contribution in [0, 0.1) is 18.3 Å². The SMILES string of the molecule is CC(=O)N[C@H](C(=O)N1C[C@H](O)C[C@H]1C(=O)N[C@@H](CCN1CCN(C(=O)C2CCN(c3nccc(Sc4cnc(N5CCC(C)(N)CC5)cn4)c3Cl)CC2)CC1)c1ccc(-c2scnc2C)cc1)C(C)(C)C. The van der Waals surface area contributed by atoms with Gasteiger partial charge in [0.25, 0.3) is 0 Å². The number of β-amino-alcohol motifs (C(OH)–C–C–N with tert-alkyl or cyclic N) is 1. The van der Waals surface area contributed by atoms with Crippen molar-refractivity contribution in [3.8, 4) is 10.4 Å². The Kier molecular flexibility index (Phi) is 16.6. The molecule has 0 aliphatic carbocycles. The topological polar surface area (TPSA) is 206 Å². The Morgan fingerprint density at radius 3 is 2.25 bits per heavy atom. The van der Waals surface area contributed by atoms with Crippen LogP contribution in [0.3, 0.4) is 0 Å². The van der Waals surface area contributed by atoms with Crippen molar-refractivity contribution in [2.75, 3.05) is 75.2 Å². The predicted molar refractivity (Wildman–Crippen MR) is 278 cm³/mol. The highest BCUT2D eigenvalue weighted by Gasteiger charge is 2.45. The highest BCUT2D eigenvalue weighted by atomic mass is 35.5. The third-order valence-corrected chi connectivity index (χ3v) is 16.9. The van der Waals surface area contributed by atoms with Crippen LogP contribution in [-0.2, 0) is 19.2 Å².